The van der Waals surface area contributed by atoms with E-state index in [1.54, 1.807) is 32.0 Å². The second kappa shape index (κ2) is 9.23. The third kappa shape index (κ3) is 5.14. The summed E-state index contributed by atoms with van der Waals surface area (Å²) in [4.78, 5) is 19.8. The Labute approximate surface area is 182 Å². The lowest BCUT2D eigenvalue weighted by Gasteiger charge is -2.13. The van der Waals surface area contributed by atoms with Gasteiger partial charge in [0.1, 0.15) is 10.6 Å². The van der Waals surface area contributed by atoms with E-state index in [2.05, 4.69) is 30.6 Å². The van der Waals surface area contributed by atoms with Crippen LogP contribution in [0.5, 0.6) is 11.6 Å². The number of hydrogen-bond donors (Lipinski definition) is 1. The molecule has 0 aliphatic heterocycles. The number of aromatic nitrogens is 2. The summed E-state index contributed by atoms with van der Waals surface area (Å²) in [6.07, 6.45) is 4.52. The van der Waals surface area contributed by atoms with Gasteiger partial charge in [-0.25, -0.2) is 18.2 Å². The SMILES string of the molecule is CCOC(=O)c1ccc(S(=O)(=O)Nc2ccc(Oc3cnccn3)cc2C)c(Br)c1. The zero-order valence-corrected chi connectivity index (χ0v) is 18.5. The Bertz CT molecular complexity index is 1170. The number of anilines is 1. The number of esters is 1. The molecule has 8 nitrogen and oxygen atoms in total. The maximum Gasteiger partial charge on any atom is 0.338 e. The van der Waals surface area contributed by atoms with Crippen molar-refractivity contribution in [1.29, 1.82) is 0 Å². The number of aryl methyl sites for hydroxylation is 1. The first-order chi connectivity index (χ1) is 14.3. The van der Waals surface area contributed by atoms with E-state index in [1.165, 1.54) is 36.8 Å². The number of rotatable bonds is 7. The van der Waals surface area contributed by atoms with Gasteiger partial charge in [0, 0.05) is 16.9 Å². The van der Waals surface area contributed by atoms with Crippen molar-refractivity contribution in [3.8, 4) is 11.6 Å². The molecule has 0 unspecified atom stereocenters. The van der Waals surface area contributed by atoms with Crippen LogP contribution < -0.4 is 9.46 Å². The van der Waals surface area contributed by atoms with Crippen LogP contribution in [0.2, 0.25) is 0 Å². The number of nitrogens with zero attached hydrogens (tertiary/aromatic N) is 2. The van der Waals surface area contributed by atoms with Gasteiger partial charge in [-0.05, 0) is 71.7 Å². The van der Waals surface area contributed by atoms with Crippen LogP contribution in [-0.4, -0.2) is 31.0 Å². The molecule has 0 bridgehead atoms. The van der Waals surface area contributed by atoms with E-state index in [9.17, 15) is 13.2 Å². The molecular weight excluding hydrogens is 474 g/mol. The largest absolute Gasteiger partial charge is 0.462 e. The topological polar surface area (TPSA) is 107 Å². The number of benzene rings is 2. The normalized spacial score (nSPS) is 11.0. The Kier molecular flexibility index (Phi) is 6.68. The van der Waals surface area contributed by atoms with Gasteiger partial charge in [-0.3, -0.25) is 9.71 Å². The van der Waals surface area contributed by atoms with E-state index in [0.717, 1.165) is 0 Å². The number of sulfonamides is 1. The van der Waals surface area contributed by atoms with E-state index in [0.29, 0.717) is 22.9 Å². The Morgan fingerprint density at radius 3 is 2.60 bits per heavy atom. The van der Waals surface area contributed by atoms with Gasteiger partial charge in [0.2, 0.25) is 5.88 Å². The molecule has 3 aromatic rings. The first kappa shape index (κ1) is 21.7. The van der Waals surface area contributed by atoms with Crippen LogP contribution in [-0.2, 0) is 14.8 Å². The minimum Gasteiger partial charge on any atom is -0.462 e. The molecule has 0 atom stereocenters. The molecule has 10 heteroatoms. The summed E-state index contributed by atoms with van der Waals surface area (Å²) in [5.74, 6) is 0.302. The zero-order valence-electron chi connectivity index (χ0n) is 16.1. The molecule has 2 aromatic carbocycles. The van der Waals surface area contributed by atoms with Gasteiger partial charge in [0.25, 0.3) is 10.0 Å². The lowest BCUT2D eigenvalue weighted by molar-refractivity contribution is 0.0526. The maximum absolute atomic E-state index is 12.9. The number of hydrogen-bond acceptors (Lipinski definition) is 7. The summed E-state index contributed by atoms with van der Waals surface area (Å²) < 4.78 is 39.0. The highest BCUT2D eigenvalue weighted by Gasteiger charge is 2.20. The average Bonchev–Trinajstić information content (AvgIpc) is 2.70. The second-order valence-corrected chi connectivity index (χ2v) is 8.60. The molecular formula is C20H18BrN3O5S. The summed E-state index contributed by atoms with van der Waals surface area (Å²) in [5, 5.41) is 0. The molecule has 0 saturated carbocycles. The van der Waals surface area contributed by atoms with Gasteiger partial charge in [0.05, 0.1) is 24.1 Å². The standard InChI is InChI=1S/C20H18BrN3O5S/c1-3-28-20(25)14-4-7-18(16(21)11-14)30(26,27)24-17-6-5-15(10-13(17)2)29-19-12-22-8-9-23-19/h4-12,24H,3H2,1-2H3. The highest BCUT2D eigenvalue weighted by molar-refractivity contribution is 9.10. The van der Waals surface area contributed by atoms with Gasteiger partial charge in [-0.1, -0.05) is 0 Å². The van der Waals surface area contributed by atoms with Crippen molar-refractivity contribution < 1.29 is 22.7 Å². The Balaban J connectivity index is 1.80. The summed E-state index contributed by atoms with van der Waals surface area (Å²) in [7, 11) is -3.91. The van der Waals surface area contributed by atoms with E-state index in [4.69, 9.17) is 9.47 Å². The third-order valence-corrected chi connectivity index (χ3v) is 6.28. The molecule has 0 radical (unpaired) electrons. The fourth-order valence-corrected chi connectivity index (χ4v) is 4.74. The van der Waals surface area contributed by atoms with Gasteiger partial charge < -0.3 is 9.47 Å². The molecule has 0 aliphatic carbocycles. The van der Waals surface area contributed by atoms with Crippen molar-refractivity contribution in [2.24, 2.45) is 0 Å². The highest BCUT2D eigenvalue weighted by atomic mass is 79.9. The van der Waals surface area contributed by atoms with Gasteiger partial charge in [-0.2, -0.15) is 0 Å². The number of ether oxygens (including phenoxy) is 2. The summed E-state index contributed by atoms with van der Waals surface area (Å²) in [5.41, 5.74) is 1.30. The highest BCUT2D eigenvalue weighted by Crippen LogP contribution is 2.29. The van der Waals surface area contributed by atoms with Crippen molar-refractivity contribution in [2.75, 3.05) is 11.3 Å². The van der Waals surface area contributed by atoms with E-state index >= 15 is 0 Å². The van der Waals surface area contributed by atoms with Gasteiger partial charge in [-0.15, -0.1) is 0 Å². The van der Waals surface area contributed by atoms with E-state index in [-0.39, 0.29) is 21.5 Å². The van der Waals surface area contributed by atoms with Crippen LogP contribution in [0.25, 0.3) is 0 Å². The van der Waals surface area contributed by atoms with Crippen molar-refractivity contribution in [3.63, 3.8) is 0 Å². The van der Waals surface area contributed by atoms with Crippen LogP contribution >= 0.6 is 15.9 Å². The molecule has 0 spiro atoms. The number of halogens is 1. The second-order valence-electron chi connectivity index (χ2n) is 6.09. The molecule has 0 saturated heterocycles. The van der Waals surface area contributed by atoms with E-state index < -0.39 is 16.0 Å². The van der Waals surface area contributed by atoms with Crippen LogP contribution in [0.15, 0.2) is 64.4 Å². The first-order valence-electron chi connectivity index (χ1n) is 8.84. The molecule has 3 rings (SSSR count). The quantitative estimate of drug-likeness (QED) is 0.490. The summed E-state index contributed by atoms with van der Waals surface area (Å²) in [6.45, 7) is 3.68. The van der Waals surface area contributed by atoms with Gasteiger partial charge >= 0.3 is 5.97 Å². The Hall–Kier alpha value is -2.98. The summed E-state index contributed by atoms with van der Waals surface area (Å²) in [6, 6.07) is 9.07. The van der Waals surface area contributed by atoms with Crippen molar-refractivity contribution in [1.82, 2.24) is 9.97 Å². The smallest absolute Gasteiger partial charge is 0.338 e. The lowest BCUT2D eigenvalue weighted by atomic mass is 10.2. The summed E-state index contributed by atoms with van der Waals surface area (Å²) >= 11 is 3.22. The number of carbonyl (C=O) groups excluding carboxylic acids is 1. The molecule has 30 heavy (non-hydrogen) atoms. The van der Waals surface area contributed by atoms with Crippen molar-refractivity contribution >= 4 is 37.6 Å². The fourth-order valence-electron chi connectivity index (χ4n) is 2.53. The predicted molar refractivity (Wildman–Crippen MR) is 114 cm³/mol. The number of carbonyl (C=O) groups is 1. The molecule has 0 amide bonds. The Morgan fingerprint density at radius 2 is 1.97 bits per heavy atom. The molecule has 1 N–H and O–H groups in total. The lowest BCUT2D eigenvalue weighted by Crippen LogP contribution is -2.15. The minimum atomic E-state index is -3.91. The van der Waals surface area contributed by atoms with Crippen LogP contribution in [0, 0.1) is 6.92 Å². The van der Waals surface area contributed by atoms with Crippen molar-refractivity contribution in [2.45, 2.75) is 18.7 Å². The molecule has 1 aromatic heterocycles. The maximum atomic E-state index is 12.9. The minimum absolute atomic E-state index is 0.00478. The molecule has 156 valence electrons. The monoisotopic (exact) mass is 491 g/mol. The number of nitrogens with one attached hydrogen (secondary N) is 1. The van der Waals surface area contributed by atoms with Crippen LogP contribution in [0.1, 0.15) is 22.8 Å². The Morgan fingerprint density at radius 1 is 1.17 bits per heavy atom. The molecule has 1 heterocycles. The van der Waals surface area contributed by atoms with E-state index in [1.807, 2.05) is 0 Å². The van der Waals surface area contributed by atoms with Crippen molar-refractivity contribution in [3.05, 3.63) is 70.6 Å². The van der Waals surface area contributed by atoms with Crippen LogP contribution in [0.3, 0.4) is 0 Å². The molecule has 0 aliphatic rings. The predicted octanol–water partition coefficient (Wildman–Crippen LogP) is 4.32. The third-order valence-electron chi connectivity index (χ3n) is 3.94. The molecule has 0 fully saturated rings. The fraction of sp³-hybridized carbons (Fsp3) is 0.150. The van der Waals surface area contributed by atoms with Crippen LogP contribution in [0.4, 0.5) is 5.69 Å². The zero-order chi connectivity index (χ0) is 21.7. The first-order valence-corrected chi connectivity index (χ1v) is 11.1. The van der Waals surface area contributed by atoms with Gasteiger partial charge in [0.15, 0.2) is 0 Å². The average molecular weight is 492 g/mol.